The highest BCUT2D eigenvalue weighted by Gasteiger charge is 1.98. The Labute approximate surface area is 135 Å². The Hall–Kier alpha value is -3.96. The lowest BCUT2D eigenvalue weighted by molar-refractivity contribution is 0.988. The topological polar surface area (TPSA) is 162 Å². The summed E-state index contributed by atoms with van der Waals surface area (Å²) in [6.45, 7) is 0. The Balaban J connectivity index is 1.55. The van der Waals surface area contributed by atoms with Crippen LogP contribution in [0, 0.1) is 0 Å². The second kappa shape index (κ2) is 6.87. The first-order valence-electron chi connectivity index (χ1n) is 6.71. The number of aromatic nitrogens is 6. The predicted octanol–water partition coefficient (Wildman–Crippen LogP) is -0.811. The number of rotatable bonds is 6. The van der Waals surface area contributed by atoms with E-state index in [1.165, 1.54) is 22.0 Å². The van der Waals surface area contributed by atoms with Gasteiger partial charge in [-0.05, 0) is 11.1 Å². The van der Waals surface area contributed by atoms with Gasteiger partial charge in [-0.25, -0.2) is 20.2 Å². The van der Waals surface area contributed by atoms with Crippen LogP contribution in [0.25, 0.3) is 0 Å². The molecule has 0 fully saturated rings. The number of nitrogens with zero attached hydrogens (tertiary/aromatic N) is 8. The average molecular weight is 326 g/mol. The maximum atomic E-state index is 5.55. The van der Waals surface area contributed by atoms with Crippen molar-refractivity contribution in [3.63, 3.8) is 0 Å². The summed E-state index contributed by atoms with van der Waals surface area (Å²) < 4.78 is 2.46. The number of hydrazone groups is 2. The van der Waals surface area contributed by atoms with E-state index in [2.05, 4.69) is 41.4 Å². The van der Waals surface area contributed by atoms with Crippen LogP contribution in [-0.2, 0) is 0 Å². The minimum atomic E-state index is 0.342. The van der Waals surface area contributed by atoms with Crippen molar-refractivity contribution in [2.24, 2.45) is 10.2 Å². The van der Waals surface area contributed by atoms with Crippen molar-refractivity contribution in [1.29, 1.82) is 0 Å². The molecule has 1 aromatic carbocycles. The van der Waals surface area contributed by atoms with Gasteiger partial charge in [-0.1, -0.05) is 24.3 Å². The van der Waals surface area contributed by atoms with E-state index >= 15 is 0 Å². The maximum absolute atomic E-state index is 5.55. The number of nitrogens with two attached hydrogens (primary N) is 2. The van der Waals surface area contributed by atoms with Gasteiger partial charge in [0.1, 0.15) is 12.7 Å². The first-order chi connectivity index (χ1) is 11.7. The highest BCUT2D eigenvalue weighted by molar-refractivity contribution is 5.84. The number of nitrogen functional groups attached to an aromatic ring is 2. The van der Waals surface area contributed by atoms with E-state index in [-0.39, 0.29) is 0 Å². The van der Waals surface area contributed by atoms with Gasteiger partial charge in [0, 0.05) is 0 Å². The maximum Gasteiger partial charge on any atom is 0.263 e. The summed E-state index contributed by atoms with van der Waals surface area (Å²) in [7, 11) is 0. The Morgan fingerprint density at radius 3 is 1.54 bits per heavy atom. The number of hydrogen-bond acceptors (Lipinski definition) is 10. The van der Waals surface area contributed by atoms with Crippen molar-refractivity contribution < 1.29 is 0 Å². The Morgan fingerprint density at radius 1 is 0.792 bits per heavy atom. The Morgan fingerprint density at radius 2 is 1.21 bits per heavy atom. The molecule has 0 aliphatic carbocycles. The molecule has 2 aromatic heterocycles. The molecule has 0 atom stereocenters. The first kappa shape index (κ1) is 15.0. The van der Waals surface area contributed by atoms with Crippen LogP contribution < -0.4 is 22.5 Å². The van der Waals surface area contributed by atoms with Gasteiger partial charge in [-0.2, -0.15) is 10.2 Å². The van der Waals surface area contributed by atoms with Crippen molar-refractivity contribution in [2.75, 3.05) is 22.5 Å². The molecular weight excluding hydrogens is 312 g/mol. The summed E-state index contributed by atoms with van der Waals surface area (Å²) in [6, 6.07) is 7.52. The molecule has 0 saturated carbocycles. The van der Waals surface area contributed by atoms with Crippen molar-refractivity contribution in [2.45, 2.75) is 0 Å². The molecule has 0 spiro atoms. The normalized spacial score (nSPS) is 11.3. The second-order valence-corrected chi connectivity index (χ2v) is 4.53. The number of hydrogen-bond donors (Lipinski definition) is 4. The molecule has 0 bridgehead atoms. The zero-order valence-electron chi connectivity index (χ0n) is 12.4. The van der Waals surface area contributed by atoms with Crippen molar-refractivity contribution in [3.8, 4) is 0 Å². The van der Waals surface area contributed by atoms with E-state index < -0.39 is 0 Å². The molecule has 6 N–H and O–H groups in total. The van der Waals surface area contributed by atoms with Crippen LogP contribution in [-0.4, -0.2) is 42.2 Å². The van der Waals surface area contributed by atoms with Gasteiger partial charge in [0.2, 0.25) is 0 Å². The number of anilines is 2. The molecule has 12 heteroatoms. The van der Waals surface area contributed by atoms with E-state index in [1.54, 1.807) is 12.4 Å². The molecule has 0 saturated heterocycles. The molecule has 0 unspecified atom stereocenters. The van der Waals surface area contributed by atoms with Crippen molar-refractivity contribution >= 4 is 24.3 Å². The monoisotopic (exact) mass is 326 g/mol. The van der Waals surface area contributed by atoms with E-state index in [0.717, 1.165) is 11.1 Å². The van der Waals surface area contributed by atoms with Gasteiger partial charge < -0.3 is 11.7 Å². The molecule has 122 valence electrons. The summed E-state index contributed by atoms with van der Waals surface area (Å²) in [4.78, 5) is 0. The zero-order chi connectivity index (χ0) is 16.8. The molecule has 24 heavy (non-hydrogen) atoms. The number of benzene rings is 1. The molecule has 0 radical (unpaired) electrons. The third-order valence-electron chi connectivity index (χ3n) is 2.84. The molecule has 0 aliphatic rings. The summed E-state index contributed by atoms with van der Waals surface area (Å²) in [5.41, 5.74) is 7.14. The van der Waals surface area contributed by atoms with Crippen LogP contribution in [0.2, 0.25) is 0 Å². The van der Waals surface area contributed by atoms with Crippen LogP contribution in [0.4, 0.5) is 11.9 Å². The van der Waals surface area contributed by atoms with Gasteiger partial charge in [-0.3, -0.25) is 0 Å². The SMILES string of the molecule is Nn1cnnc1N/N=C/c1ccc(/C=N/Nc2nncn2N)cc1. The largest absolute Gasteiger partial charge is 0.335 e. The van der Waals surface area contributed by atoms with Crippen molar-refractivity contribution in [1.82, 2.24) is 29.7 Å². The van der Waals surface area contributed by atoms with Gasteiger partial charge in [0.25, 0.3) is 11.9 Å². The standard InChI is InChI=1S/C12H14N12/c13-23-7-17-21-11(23)19-15-5-9-1-2-10(4-3-9)6-16-20-12-22-18-8-24(12)14/h1-8H,13-14H2,(H,19,21)(H,20,22)/b15-5+,16-6+. The molecule has 0 aliphatic heterocycles. The summed E-state index contributed by atoms with van der Waals surface area (Å²) in [5, 5.41) is 22.8. The van der Waals surface area contributed by atoms with Gasteiger partial charge >= 0.3 is 0 Å². The quantitative estimate of drug-likeness (QED) is 0.259. The molecule has 2 heterocycles. The Kier molecular flexibility index (Phi) is 4.28. The molecular formula is C12H14N12. The minimum Gasteiger partial charge on any atom is -0.335 e. The second-order valence-electron chi connectivity index (χ2n) is 4.53. The van der Waals surface area contributed by atoms with Crippen LogP contribution in [0.3, 0.4) is 0 Å². The van der Waals surface area contributed by atoms with E-state index in [4.69, 9.17) is 11.7 Å². The molecule has 3 rings (SSSR count). The lowest BCUT2D eigenvalue weighted by Crippen LogP contribution is -2.10. The number of nitrogens with one attached hydrogen (secondary N) is 2. The van der Waals surface area contributed by atoms with E-state index in [1.807, 2.05) is 24.3 Å². The van der Waals surface area contributed by atoms with Crippen molar-refractivity contribution in [3.05, 3.63) is 48.0 Å². The smallest absolute Gasteiger partial charge is 0.263 e. The lowest BCUT2D eigenvalue weighted by Gasteiger charge is -1.99. The van der Waals surface area contributed by atoms with Crippen LogP contribution in [0.1, 0.15) is 11.1 Å². The van der Waals surface area contributed by atoms with Crippen LogP contribution in [0.5, 0.6) is 0 Å². The highest BCUT2D eigenvalue weighted by Crippen LogP contribution is 2.02. The fraction of sp³-hybridized carbons (Fsp3) is 0. The average Bonchev–Trinajstić information content (AvgIpc) is 3.18. The minimum absolute atomic E-state index is 0.342. The molecule has 0 amide bonds. The molecule has 12 nitrogen and oxygen atoms in total. The molecule has 3 aromatic rings. The van der Waals surface area contributed by atoms with Crippen LogP contribution in [0.15, 0.2) is 47.1 Å². The summed E-state index contributed by atoms with van der Waals surface area (Å²) in [5.74, 6) is 11.8. The van der Waals surface area contributed by atoms with Gasteiger partial charge in [0.05, 0.1) is 12.4 Å². The first-order valence-corrected chi connectivity index (χ1v) is 6.71. The predicted molar refractivity (Wildman–Crippen MR) is 89.2 cm³/mol. The van der Waals surface area contributed by atoms with E-state index in [9.17, 15) is 0 Å². The zero-order valence-corrected chi connectivity index (χ0v) is 12.4. The van der Waals surface area contributed by atoms with Gasteiger partial charge in [0.15, 0.2) is 0 Å². The highest BCUT2D eigenvalue weighted by atomic mass is 15.5. The fourth-order valence-electron chi connectivity index (χ4n) is 1.64. The van der Waals surface area contributed by atoms with E-state index in [0.29, 0.717) is 11.9 Å². The third kappa shape index (κ3) is 3.62. The third-order valence-corrected chi connectivity index (χ3v) is 2.84. The summed E-state index contributed by atoms with van der Waals surface area (Å²) >= 11 is 0. The lowest BCUT2D eigenvalue weighted by atomic mass is 10.2. The van der Waals surface area contributed by atoms with Gasteiger partial charge in [-0.15, -0.1) is 20.4 Å². The summed E-state index contributed by atoms with van der Waals surface area (Å²) in [6.07, 6.45) is 6.00. The Bertz CT molecular complexity index is 772. The fourth-order valence-corrected chi connectivity index (χ4v) is 1.64. The van der Waals surface area contributed by atoms with Crippen LogP contribution >= 0.6 is 0 Å².